The average molecular weight is 261 g/mol. The SMILES string of the molecule is c1csc(CNc2ncnc3c2CCCOC3)c1. The highest BCUT2D eigenvalue weighted by atomic mass is 32.1. The number of nitrogens with zero attached hydrogens (tertiary/aromatic N) is 2. The lowest BCUT2D eigenvalue weighted by atomic mass is 10.1. The number of ether oxygens (including phenoxy) is 1. The summed E-state index contributed by atoms with van der Waals surface area (Å²) >= 11 is 1.75. The molecule has 3 heterocycles. The van der Waals surface area contributed by atoms with Gasteiger partial charge in [-0.3, -0.25) is 0 Å². The lowest BCUT2D eigenvalue weighted by Crippen LogP contribution is -2.07. The van der Waals surface area contributed by atoms with E-state index in [-0.39, 0.29) is 0 Å². The molecular formula is C13H15N3OS. The second kappa shape index (κ2) is 5.46. The number of nitrogens with one attached hydrogen (secondary N) is 1. The van der Waals surface area contributed by atoms with Crippen LogP contribution in [-0.4, -0.2) is 16.6 Å². The lowest BCUT2D eigenvalue weighted by Gasteiger charge is -2.11. The van der Waals surface area contributed by atoms with Crippen LogP contribution in [0.5, 0.6) is 0 Å². The Balaban J connectivity index is 1.79. The summed E-state index contributed by atoms with van der Waals surface area (Å²) in [6.07, 6.45) is 3.64. The molecule has 0 amide bonds. The van der Waals surface area contributed by atoms with E-state index in [1.165, 1.54) is 10.4 Å². The molecule has 0 spiro atoms. The maximum atomic E-state index is 5.51. The van der Waals surface area contributed by atoms with Crippen molar-refractivity contribution in [3.8, 4) is 0 Å². The van der Waals surface area contributed by atoms with Gasteiger partial charge in [-0.15, -0.1) is 11.3 Å². The maximum absolute atomic E-state index is 5.51. The first-order valence-electron chi connectivity index (χ1n) is 6.10. The predicted molar refractivity (Wildman–Crippen MR) is 71.7 cm³/mol. The van der Waals surface area contributed by atoms with E-state index in [1.54, 1.807) is 17.7 Å². The van der Waals surface area contributed by atoms with Crippen molar-refractivity contribution in [1.82, 2.24) is 9.97 Å². The van der Waals surface area contributed by atoms with Gasteiger partial charge in [0.15, 0.2) is 0 Å². The first-order valence-corrected chi connectivity index (χ1v) is 6.98. The Morgan fingerprint density at radius 1 is 1.39 bits per heavy atom. The first kappa shape index (κ1) is 11.6. The van der Waals surface area contributed by atoms with E-state index in [1.807, 2.05) is 0 Å². The van der Waals surface area contributed by atoms with E-state index in [4.69, 9.17) is 4.74 Å². The fourth-order valence-electron chi connectivity index (χ4n) is 2.09. The fraction of sp³-hybridized carbons (Fsp3) is 0.385. The van der Waals surface area contributed by atoms with Gasteiger partial charge in [-0.1, -0.05) is 6.07 Å². The van der Waals surface area contributed by atoms with Crippen molar-refractivity contribution >= 4 is 17.2 Å². The molecule has 18 heavy (non-hydrogen) atoms. The molecule has 0 radical (unpaired) electrons. The first-order chi connectivity index (χ1) is 8.93. The molecule has 2 aromatic heterocycles. The Kier molecular flexibility index (Phi) is 3.52. The summed E-state index contributed by atoms with van der Waals surface area (Å²) in [5.74, 6) is 0.957. The van der Waals surface area contributed by atoms with Gasteiger partial charge in [0.05, 0.1) is 18.8 Å². The predicted octanol–water partition coefficient (Wildman–Crippen LogP) is 2.61. The van der Waals surface area contributed by atoms with Crippen molar-refractivity contribution in [2.75, 3.05) is 11.9 Å². The van der Waals surface area contributed by atoms with Crippen molar-refractivity contribution in [2.24, 2.45) is 0 Å². The Hall–Kier alpha value is -1.46. The van der Waals surface area contributed by atoms with E-state index in [0.717, 1.165) is 37.5 Å². The van der Waals surface area contributed by atoms with Gasteiger partial charge < -0.3 is 10.1 Å². The minimum Gasteiger partial charge on any atom is -0.375 e. The zero-order valence-corrected chi connectivity index (χ0v) is 10.9. The van der Waals surface area contributed by atoms with Crippen LogP contribution in [0.3, 0.4) is 0 Å². The number of anilines is 1. The van der Waals surface area contributed by atoms with Crippen LogP contribution < -0.4 is 5.32 Å². The van der Waals surface area contributed by atoms with E-state index in [2.05, 4.69) is 32.8 Å². The normalized spacial score (nSPS) is 14.9. The Labute approximate surface area is 110 Å². The molecule has 0 aromatic carbocycles. The second-order valence-electron chi connectivity index (χ2n) is 4.24. The quantitative estimate of drug-likeness (QED) is 0.922. The van der Waals surface area contributed by atoms with E-state index >= 15 is 0 Å². The highest BCUT2D eigenvalue weighted by Gasteiger charge is 2.14. The number of rotatable bonds is 3. The molecule has 0 atom stereocenters. The molecule has 4 nitrogen and oxygen atoms in total. The van der Waals surface area contributed by atoms with Crippen molar-refractivity contribution < 1.29 is 4.74 Å². The van der Waals surface area contributed by atoms with E-state index in [0.29, 0.717) is 6.61 Å². The van der Waals surface area contributed by atoms with Gasteiger partial charge in [0.2, 0.25) is 0 Å². The third-order valence-electron chi connectivity index (χ3n) is 3.00. The summed E-state index contributed by atoms with van der Waals surface area (Å²) in [6.45, 7) is 2.23. The molecule has 94 valence electrons. The average Bonchev–Trinajstić information content (AvgIpc) is 2.79. The van der Waals surface area contributed by atoms with Crippen LogP contribution in [0.25, 0.3) is 0 Å². The van der Waals surface area contributed by atoms with E-state index < -0.39 is 0 Å². The molecule has 0 bridgehead atoms. The lowest BCUT2D eigenvalue weighted by molar-refractivity contribution is 0.122. The summed E-state index contributed by atoms with van der Waals surface area (Å²) in [5.41, 5.74) is 2.24. The smallest absolute Gasteiger partial charge is 0.133 e. The number of aromatic nitrogens is 2. The zero-order chi connectivity index (χ0) is 12.2. The molecule has 0 saturated carbocycles. The molecule has 0 fully saturated rings. The Morgan fingerprint density at radius 2 is 2.39 bits per heavy atom. The summed E-state index contributed by atoms with van der Waals surface area (Å²) in [7, 11) is 0. The van der Waals surface area contributed by atoms with Gasteiger partial charge in [0, 0.05) is 17.0 Å². The molecule has 0 aliphatic carbocycles. The van der Waals surface area contributed by atoms with Gasteiger partial charge in [0.1, 0.15) is 12.1 Å². The highest BCUT2D eigenvalue weighted by Crippen LogP contribution is 2.22. The fourth-order valence-corrected chi connectivity index (χ4v) is 2.74. The molecule has 2 aromatic rings. The molecular weight excluding hydrogens is 246 g/mol. The minimum absolute atomic E-state index is 0.603. The van der Waals surface area contributed by atoms with Gasteiger partial charge in [0.25, 0.3) is 0 Å². The monoisotopic (exact) mass is 261 g/mol. The molecule has 1 aliphatic heterocycles. The Bertz CT molecular complexity index is 513. The number of hydrogen-bond acceptors (Lipinski definition) is 5. The third kappa shape index (κ3) is 2.52. The largest absolute Gasteiger partial charge is 0.375 e. The van der Waals surface area contributed by atoms with Crippen LogP contribution in [0.2, 0.25) is 0 Å². The molecule has 0 saturated heterocycles. The zero-order valence-electron chi connectivity index (χ0n) is 10.1. The molecule has 0 unspecified atom stereocenters. The highest BCUT2D eigenvalue weighted by molar-refractivity contribution is 7.09. The molecule has 1 N–H and O–H groups in total. The minimum atomic E-state index is 0.603. The Morgan fingerprint density at radius 3 is 3.28 bits per heavy atom. The summed E-state index contributed by atoms with van der Waals surface area (Å²) < 4.78 is 5.51. The van der Waals surface area contributed by atoms with Crippen molar-refractivity contribution in [2.45, 2.75) is 26.0 Å². The standard InChI is InChI=1S/C13H15N3OS/c1-4-11-12(8-17-5-1)15-9-16-13(11)14-7-10-3-2-6-18-10/h2-3,6,9H,1,4-5,7-8H2,(H,14,15,16). The van der Waals surface area contributed by atoms with Crippen LogP contribution in [-0.2, 0) is 24.3 Å². The summed E-state index contributed by atoms with van der Waals surface area (Å²) in [6, 6.07) is 4.19. The van der Waals surface area contributed by atoms with E-state index in [9.17, 15) is 0 Å². The number of hydrogen-bond donors (Lipinski definition) is 1. The van der Waals surface area contributed by atoms with Crippen LogP contribution in [0.4, 0.5) is 5.82 Å². The number of fused-ring (bicyclic) bond motifs is 1. The maximum Gasteiger partial charge on any atom is 0.133 e. The van der Waals surface area contributed by atoms with Crippen LogP contribution >= 0.6 is 11.3 Å². The topological polar surface area (TPSA) is 47.0 Å². The molecule has 3 rings (SSSR count). The van der Waals surface area contributed by atoms with Crippen LogP contribution in [0, 0.1) is 0 Å². The van der Waals surface area contributed by atoms with Crippen LogP contribution in [0.1, 0.15) is 22.6 Å². The molecule has 5 heteroatoms. The second-order valence-corrected chi connectivity index (χ2v) is 5.27. The van der Waals surface area contributed by atoms with Gasteiger partial charge in [-0.2, -0.15) is 0 Å². The van der Waals surface area contributed by atoms with Crippen molar-refractivity contribution in [3.63, 3.8) is 0 Å². The van der Waals surface area contributed by atoms with Crippen molar-refractivity contribution in [3.05, 3.63) is 40.0 Å². The molecule has 1 aliphatic rings. The third-order valence-corrected chi connectivity index (χ3v) is 3.88. The van der Waals surface area contributed by atoms with Gasteiger partial charge >= 0.3 is 0 Å². The number of thiophene rings is 1. The summed E-state index contributed by atoms with van der Waals surface area (Å²) in [5, 5.41) is 5.50. The van der Waals surface area contributed by atoms with Gasteiger partial charge in [-0.05, 0) is 24.3 Å². The van der Waals surface area contributed by atoms with Crippen molar-refractivity contribution in [1.29, 1.82) is 0 Å². The van der Waals surface area contributed by atoms with Crippen LogP contribution in [0.15, 0.2) is 23.8 Å². The van der Waals surface area contributed by atoms with Gasteiger partial charge in [-0.25, -0.2) is 9.97 Å². The summed E-state index contributed by atoms with van der Waals surface area (Å²) in [4.78, 5) is 9.98.